The second kappa shape index (κ2) is 6.09. The average molecular weight is 344 g/mol. The van der Waals surface area contributed by atoms with Crippen LogP contribution >= 0.6 is 0 Å². The van der Waals surface area contributed by atoms with Gasteiger partial charge in [0.25, 0.3) is 0 Å². The van der Waals surface area contributed by atoms with Crippen molar-refractivity contribution in [2.45, 2.75) is 17.2 Å². The molecule has 7 heteroatoms. The largest absolute Gasteiger partial charge is 0.326 e. The summed E-state index contributed by atoms with van der Waals surface area (Å²) in [5.41, 5.74) is 1.89. The number of fused-ring (bicyclic) bond motifs is 1. The molecule has 2 N–H and O–H groups in total. The molecule has 0 bridgehead atoms. The molecule has 1 aliphatic rings. The van der Waals surface area contributed by atoms with Crippen molar-refractivity contribution in [3.05, 3.63) is 54.1 Å². The molecule has 1 aliphatic heterocycles. The molecule has 6 nitrogen and oxygen atoms in total. The third-order valence-corrected chi connectivity index (χ3v) is 4.99. The van der Waals surface area contributed by atoms with Crippen molar-refractivity contribution in [1.29, 1.82) is 0 Å². The van der Waals surface area contributed by atoms with Gasteiger partial charge in [0.1, 0.15) is 0 Å². The van der Waals surface area contributed by atoms with Crippen molar-refractivity contribution >= 4 is 33.0 Å². The Morgan fingerprint density at radius 2 is 1.79 bits per heavy atom. The van der Waals surface area contributed by atoms with Crippen LogP contribution < -0.4 is 10.6 Å². The molecule has 1 heterocycles. The van der Waals surface area contributed by atoms with E-state index in [-0.39, 0.29) is 23.1 Å². The molecule has 24 heavy (non-hydrogen) atoms. The number of anilines is 2. The number of carbonyl (C=O) groups excluding carboxylic acids is 2. The summed E-state index contributed by atoms with van der Waals surface area (Å²) in [6.45, 7) is 0. The molecule has 2 aromatic carbocycles. The maximum absolute atomic E-state index is 12.5. The van der Waals surface area contributed by atoms with Crippen molar-refractivity contribution in [3.63, 3.8) is 0 Å². The fraction of sp³-hybridized carbons (Fsp3) is 0.176. The molecule has 0 saturated carbocycles. The van der Waals surface area contributed by atoms with E-state index in [4.69, 9.17) is 0 Å². The maximum Gasteiger partial charge on any atom is 0.232 e. The van der Waals surface area contributed by atoms with E-state index >= 15 is 0 Å². The van der Waals surface area contributed by atoms with Gasteiger partial charge in [-0.2, -0.15) is 0 Å². The Morgan fingerprint density at radius 3 is 2.46 bits per heavy atom. The zero-order valence-electron chi connectivity index (χ0n) is 12.9. The first-order chi connectivity index (χ1) is 11.3. The first-order valence-electron chi connectivity index (χ1n) is 7.34. The first kappa shape index (κ1) is 16.2. The monoisotopic (exact) mass is 344 g/mol. The van der Waals surface area contributed by atoms with E-state index in [1.54, 1.807) is 12.1 Å². The fourth-order valence-electron chi connectivity index (χ4n) is 2.66. The van der Waals surface area contributed by atoms with E-state index in [1.165, 1.54) is 24.3 Å². The highest BCUT2D eigenvalue weighted by atomic mass is 32.2. The summed E-state index contributed by atoms with van der Waals surface area (Å²) in [5.74, 6) is -1.09. The highest BCUT2D eigenvalue weighted by Crippen LogP contribution is 2.32. The van der Waals surface area contributed by atoms with Gasteiger partial charge in [-0.05, 0) is 35.9 Å². The lowest BCUT2D eigenvalue weighted by molar-refractivity contribution is -0.123. The molecule has 0 aromatic heterocycles. The number of rotatable bonds is 3. The summed E-state index contributed by atoms with van der Waals surface area (Å²) in [7, 11) is -3.28. The standard InChI is InChI=1S/C17H16N2O4S/c1-24(22,23)12-8-6-11(7-9-12)18-17(21)14-10-16(20)19-15-5-3-2-4-13(14)15/h2-9,14H,10H2,1H3,(H,18,21)(H,19,20). The zero-order chi connectivity index (χ0) is 17.3. The summed E-state index contributed by atoms with van der Waals surface area (Å²) in [4.78, 5) is 24.5. The lowest BCUT2D eigenvalue weighted by Crippen LogP contribution is -2.30. The normalized spacial score (nSPS) is 16.9. The van der Waals surface area contributed by atoms with Crippen LogP contribution in [0, 0.1) is 0 Å². The van der Waals surface area contributed by atoms with Gasteiger partial charge in [0, 0.05) is 24.1 Å². The molecule has 2 aromatic rings. The number of carbonyl (C=O) groups is 2. The van der Waals surface area contributed by atoms with Gasteiger partial charge in [-0.1, -0.05) is 18.2 Å². The van der Waals surface area contributed by atoms with Crippen molar-refractivity contribution in [2.75, 3.05) is 16.9 Å². The molecule has 1 unspecified atom stereocenters. The number of hydrogen-bond acceptors (Lipinski definition) is 4. The molecule has 0 fully saturated rings. The molecule has 0 radical (unpaired) electrons. The minimum Gasteiger partial charge on any atom is -0.326 e. The van der Waals surface area contributed by atoms with Gasteiger partial charge < -0.3 is 10.6 Å². The Labute approximate surface area is 139 Å². The van der Waals surface area contributed by atoms with Crippen LogP contribution in [0.25, 0.3) is 0 Å². The van der Waals surface area contributed by atoms with Crippen LogP contribution in [-0.4, -0.2) is 26.5 Å². The number of hydrogen-bond donors (Lipinski definition) is 2. The molecule has 0 spiro atoms. The maximum atomic E-state index is 12.5. The van der Waals surface area contributed by atoms with Crippen LogP contribution in [0.5, 0.6) is 0 Å². The van der Waals surface area contributed by atoms with Crippen LogP contribution in [0.15, 0.2) is 53.4 Å². The van der Waals surface area contributed by atoms with Gasteiger partial charge in [0.05, 0.1) is 10.8 Å². The van der Waals surface area contributed by atoms with Crippen molar-refractivity contribution < 1.29 is 18.0 Å². The lowest BCUT2D eigenvalue weighted by atomic mass is 9.90. The van der Waals surface area contributed by atoms with Crippen LogP contribution in [0.4, 0.5) is 11.4 Å². The lowest BCUT2D eigenvalue weighted by Gasteiger charge is -2.24. The molecule has 0 saturated heterocycles. The number of benzene rings is 2. The van der Waals surface area contributed by atoms with Gasteiger partial charge in [0.15, 0.2) is 9.84 Å². The van der Waals surface area contributed by atoms with Gasteiger partial charge in [-0.25, -0.2) is 8.42 Å². The highest BCUT2D eigenvalue weighted by molar-refractivity contribution is 7.90. The number of nitrogens with one attached hydrogen (secondary N) is 2. The van der Waals surface area contributed by atoms with Gasteiger partial charge in [-0.3, -0.25) is 9.59 Å². The fourth-order valence-corrected chi connectivity index (χ4v) is 3.29. The smallest absolute Gasteiger partial charge is 0.232 e. The third-order valence-electron chi connectivity index (χ3n) is 3.87. The SMILES string of the molecule is CS(=O)(=O)c1ccc(NC(=O)C2CC(=O)Nc3ccccc32)cc1. The quantitative estimate of drug-likeness (QED) is 0.892. The minimum atomic E-state index is -3.28. The van der Waals surface area contributed by atoms with Gasteiger partial charge in [-0.15, -0.1) is 0 Å². The Bertz CT molecular complexity index is 904. The Hall–Kier alpha value is -2.67. The van der Waals surface area contributed by atoms with Crippen LogP contribution in [0.1, 0.15) is 17.9 Å². The molecule has 3 rings (SSSR count). The van der Waals surface area contributed by atoms with E-state index in [9.17, 15) is 18.0 Å². The predicted octanol–water partition coefficient (Wildman–Crippen LogP) is 2.15. The van der Waals surface area contributed by atoms with E-state index in [0.29, 0.717) is 11.4 Å². The van der Waals surface area contributed by atoms with E-state index < -0.39 is 15.8 Å². The average Bonchev–Trinajstić information content (AvgIpc) is 2.53. The second-order valence-corrected chi connectivity index (χ2v) is 7.69. The molecule has 2 amide bonds. The predicted molar refractivity (Wildman–Crippen MR) is 90.6 cm³/mol. The molecule has 124 valence electrons. The first-order valence-corrected chi connectivity index (χ1v) is 9.23. The van der Waals surface area contributed by atoms with Gasteiger partial charge in [0.2, 0.25) is 11.8 Å². The number of sulfone groups is 1. The summed E-state index contributed by atoms with van der Waals surface area (Å²) < 4.78 is 22.9. The van der Waals surface area contributed by atoms with Crippen LogP contribution in [0.3, 0.4) is 0 Å². The van der Waals surface area contributed by atoms with Crippen molar-refractivity contribution in [2.24, 2.45) is 0 Å². The minimum absolute atomic E-state index is 0.0737. The Morgan fingerprint density at radius 1 is 1.12 bits per heavy atom. The summed E-state index contributed by atoms with van der Waals surface area (Å²) >= 11 is 0. The molecular formula is C17H16N2O4S. The highest BCUT2D eigenvalue weighted by Gasteiger charge is 2.30. The van der Waals surface area contributed by atoms with E-state index in [1.807, 2.05) is 12.1 Å². The summed E-state index contributed by atoms with van der Waals surface area (Å²) in [5, 5.41) is 5.49. The van der Waals surface area contributed by atoms with Crippen molar-refractivity contribution in [3.8, 4) is 0 Å². The topological polar surface area (TPSA) is 92.3 Å². The van der Waals surface area contributed by atoms with E-state index in [2.05, 4.69) is 10.6 Å². The third kappa shape index (κ3) is 3.30. The van der Waals surface area contributed by atoms with E-state index in [0.717, 1.165) is 11.8 Å². The number of para-hydroxylation sites is 1. The Kier molecular flexibility index (Phi) is 4.11. The van der Waals surface area contributed by atoms with Gasteiger partial charge >= 0.3 is 0 Å². The summed E-state index contributed by atoms with van der Waals surface area (Å²) in [6.07, 6.45) is 1.20. The second-order valence-electron chi connectivity index (χ2n) is 5.68. The van der Waals surface area contributed by atoms with Crippen LogP contribution in [-0.2, 0) is 19.4 Å². The van der Waals surface area contributed by atoms with Crippen molar-refractivity contribution in [1.82, 2.24) is 0 Å². The molecular weight excluding hydrogens is 328 g/mol. The molecule has 0 aliphatic carbocycles. The Balaban J connectivity index is 1.82. The van der Waals surface area contributed by atoms with Crippen LogP contribution in [0.2, 0.25) is 0 Å². The molecule has 1 atom stereocenters. The number of amides is 2. The zero-order valence-corrected chi connectivity index (χ0v) is 13.8. The summed E-state index contributed by atoms with van der Waals surface area (Å²) in [6, 6.07) is 13.1.